The molecule has 0 aliphatic heterocycles. The van der Waals surface area contributed by atoms with Crippen molar-refractivity contribution in [1.82, 2.24) is 19.9 Å². The van der Waals surface area contributed by atoms with Crippen LogP contribution in [0.3, 0.4) is 0 Å². The topological polar surface area (TPSA) is 82.4 Å². The van der Waals surface area contributed by atoms with E-state index in [1.54, 1.807) is 13.0 Å². The molecule has 0 bridgehead atoms. The number of nitrogens with zero attached hydrogens (tertiary/aromatic N) is 5. The molecule has 146 valence electrons. The van der Waals surface area contributed by atoms with Crippen LogP contribution >= 0.6 is 11.6 Å². The molecule has 0 unspecified atom stereocenters. The van der Waals surface area contributed by atoms with Crippen molar-refractivity contribution in [2.45, 2.75) is 19.5 Å². The first-order chi connectivity index (χ1) is 13.4. The van der Waals surface area contributed by atoms with Gasteiger partial charge in [-0.25, -0.2) is 19.9 Å². The van der Waals surface area contributed by atoms with Crippen molar-refractivity contribution in [2.24, 2.45) is 5.16 Å². The van der Waals surface area contributed by atoms with E-state index < -0.39 is 12.0 Å². The van der Waals surface area contributed by atoms with Crippen LogP contribution in [-0.4, -0.2) is 32.8 Å². The molecule has 0 amide bonds. The quantitative estimate of drug-likeness (QED) is 0.440. The predicted octanol–water partition coefficient (Wildman–Crippen LogP) is 4.45. The molecule has 2 aromatic heterocycles. The zero-order valence-corrected chi connectivity index (χ0v) is 15.2. The second kappa shape index (κ2) is 8.34. The number of rotatable bonds is 6. The Hall–Kier alpha value is -3.01. The third-order valence-corrected chi connectivity index (χ3v) is 3.57. The van der Waals surface area contributed by atoms with Crippen molar-refractivity contribution < 1.29 is 22.7 Å². The fraction of sp³-hybridized carbons (Fsp3) is 0.235. The number of hydrogen-bond acceptors (Lipinski definition) is 7. The number of hydrogen-bond donors (Lipinski definition) is 0. The van der Waals surface area contributed by atoms with Crippen molar-refractivity contribution in [2.75, 3.05) is 6.61 Å². The molecule has 28 heavy (non-hydrogen) atoms. The predicted molar refractivity (Wildman–Crippen MR) is 95.5 cm³/mol. The van der Waals surface area contributed by atoms with Gasteiger partial charge in [-0.05, 0) is 19.1 Å². The second-order valence-electron chi connectivity index (χ2n) is 5.34. The first-order valence-corrected chi connectivity index (χ1v) is 8.42. The molecule has 3 rings (SSSR count). The van der Waals surface area contributed by atoms with Gasteiger partial charge in [-0.3, -0.25) is 0 Å². The lowest BCUT2D eigenvalue weighted by Crippen LogP contribution is -2.13. The third kappa shape index (κ3) is 4.63. The Morgan fingerprint density at radius 1 is 1.18 bits per heavy atom. The summed E-state index contributed by atoms with van der Waals surface area (Å²) in [4.78, 5) is 20.0. The molecule has 2 heterocycles. The maximum atomic E-state index is 13.2. The van der Waals surface area contributed by atoms with Crippen molar-refractivity contribution in [3.63, 3.8) is 0 Å². The lowest BCUT2D eigenvalue weighted by Gasteiger charge is -2.12. The highest BCUT2D eigenvalue weighted by molar-refractivity contribution is 6.30. The van der Waals surface area contributed by atoms with Crippen LogP contribution in [0.5, 0.6) is 11.8 Å². The first-order valence-electron chi connectivity index (χ1n) is 8.04. The van der Waals surface area contributed by atoms with Gasteiger partial charge in [0.15, 0.2) is 0 Å². The Kier molecular flexibility index (Phi) is 5.88. The summed E-state index contributed by atoms with van der Waals surface area (Å²) in [5, 5.41) is 4.27. The molecule has 0 fully saturated rings. The van der Waals surface area contributed by atoms with E-state index in [1.165, 1.54) is 30.7 Å². The van der Waals surface area contributed by atoms with Crippen LogP contribution in [0.15, 0.2) is 35.7 Å². The number of benzene rings is 1. The zero-order chi connectivity index (χ0) is 20.1. The van der Waals surface area contributed by atoms with Crippen LogP contribution in [-0.2, 0) is 17.4 Å². The second-order valence-corrected chi connectivity index (χ2v) is 5.77. The lowest BCUT2D eigenvalue weighted by molar-refractivity contribution is -0.144. The number of ether oxygens (including phenoxy) is 1. The summed E-state index contributed by atoms with van der Waals surface area (Å²) in [7, 11) is 0. The summed E-state index contributed by atoms with van der Waals surface area (Å²) in [6.45, 7) is 2.06. The van der Waals surface area contributed by atoms with Crippen LogP contribution in [0.2, 0.25) is 5.02 Å². The third-order valence-electron chi connectivity index (χ3n) is 3.37. The average Bonchev–Trinajstić information content (AvgIpc) is 2.66. The van der Waals surface area contributed by atoms with Crippen LogP contribution in [0, 0.1) is 0 Å². The molecule has 11 heteroatoms. The van der Waals surface area contributed by atoms with E-state index in [2.05, 4.69) is 25.1 Å². The van der Waals surface area contributed by atoms with E-state index in [9.17, 15) is 13.2 Å². The summed E-state index contributed by atoms with van der Waals surface area (Å²) >= 11 is 5.74. The SMILES string of the molecule is CCON=CCc1nc(C(F)(F)F)nc2cccc(Oc3ncc(Cl)cn3)c12. The maximum Gasteiger partial charge on any atom is 0.451 e. The number of fused-ring (bicyclic) bond motifs is 1. The highest BCUT2D eigenvalue weighted by Gasteiger charge is 2.35. The summed E-state index contributed by atoms with van der Waals surface area (Å²) in [5.74, 6) is -1.05. The molecule has 0 N–H and O–H groups in total. The van der Waals surface area contributed by atoms with Gasteiger partial charge < -0.3 is 9.57 Å². The van der Waals surface area contributed by atoms with E-state index in [1.807, 2.05) is 0 Å². The van der Waals surface area contributed by atoms with Gasteiger partial charge in [-0.15, -0.1) is 0 Å². The zero-order valence-electron chi connectivity index (χ0n) is 14.4. The van der Waals surface area contributed by atoms with Crippen molar-refractivity contribution in [3.8, 4) is 11.8 Å². The van der Waals surface area contributed by atoms with Crippen LogP contribution in [0.1, 0.15) is 18.4 Å². The molecule has 7 nitrogen and oxygen atoms in total. The first kappa shape index (κ1) is 19.7. The van der Waals surface area contributed by atoms with E-state index in [-0.39, 0.29) is 34.8 Å². The summed E-state index contributed by atoms with van der Waals surface area (Å²) in [6.07, 6.45) is -0.729. The minimum atomic E-state index is -4.70. The average molecular weight is 412 g/mol. The van der Waals surface area contributed by atoms with Gasteiger partial charge in [-0.2, -0.15) is 13.2 Å². The van der Waals surface area contributed by atoms with Gasteiger partial charge >= 0.3 is 12.2 Å². The largest absolute Gasteiger partial charge is 0.451 e. The van der Waals surface area contributed by atoms with Gasteiger partial charge in [0.1, 0.15) is 12.4 Å². The van der Waals surface area contributed by atoms with Crippen LogP contribution in [0.4, 0.5) is 13.2 Å². The standard InChI is InChI=1S/C17H13ClF3N5O2/c1-2-27-24-7-6-12-14-11(25-15(26-12)17(19,20)21)4-3-5-13(14)28-16-22-8-10(18)9-23-16/h3-5,7-9H,2,6H2,1H3. The van der Waals surface area contributed by atoms with E-state index >= 15 is 0 Å². The molecule has 0 aliphatic carbocycles. The normalized spacial score (nSPS) is 11.9. The van der Waals surface area contributed by atoms with Gasteiger partial charge in [-0.1, -0.05) is 22.8 Å². The number of alkyl halides is 3. The molecule has 0 aliphatic rings. The molecule has 0 radical (unpaired) electrons. The van der Waals surface area contributed by atoms with Crippen LogP contribution < -0.4 is 4.74 Å². The number of halogens is 4. The lowest BCUT2D eigenvalue weighted by atomic mass is 10.1. The van der Waals surface area contributed by atoms with E-state index in [4.69, 9.17) is 21.2 Å². The van der Waals surface area contributed by atoms with Crippen molar-refractivity contribution in [3.05, 3.63) is 47.1 Å². The van der Waals surface area contributed by atoms with E-state index in [0.717, 1.165) is 0 Å². The molecule has 1 aromatic carbocycles. The molecular weight excluding hydrogens is 399 g/mol. The summed E-state index contributed by atoms with van der Waals surface area (Å²) in [6, 6.07) is 4.48. The number of aromatic nitrogens is 4. The fourth-order valence-electron chi connectivity index (χ4n) is 2.29. The van der Waals surface area contributed by atoms with Gasteiger partial charge in [0, 0.05) is 12.6 Å². The van der Waals surface area contributed by atoms with Crippen LogP contribution in [0.25, 0.3) is 10.9 Å². The Morgan fingerprint density at radius 2 is 1.93 bits per heavy atom. The van der Waals surface area contributed by atoms with Gasteiger partial charge in [0.25, 0.3) is 0 Å². The fourth-order valence-corrected chi connectivity index (χ4v) is 2.39. The van der Waals surface area contributed by atoms with Crippen molar-refractivity contribution in [1.29, 1.82) is 0 Å². The maximum absolute atomic E-state index is 13.2. The summed E-state index contributed by atoms with van der Waals surface area (Å²) < 4.78 is 45.2. The molecular formula is C17H13ClF3N5O2. The minimum absolute atomic E-state index is 0.0225. The molecule has 0 saturated carbocycles. The Balaban J connectivity index is 2.09. The molecule has 3 aromatic rings. The number of oxime groups is 1. The minimum Gasteiger partial charge on any atom is -0.424 e. The Bertz CT molecular complexity index is 996. The highest BCUT2D eigenvalue weighted by atomic mass is 35.5. The molecule has 0 spiro atoms. The van der Waals surface area contributed by atoms with E-state index in [0.29, 0.717) is 11.6 Å². The van der Waals surface area contributed by atoms with Gasteiger partial charge in [0.2, 0.25) is 5.82 Å². The molecule has 0 atom stereocenters. The van der Waals surface area contributed by atoms with Crippen molar-refractivity contribution >= 4 is 28.7 Å². The smallest absolute Gasteiger partial charge is 0.424 e. The van der Waals surface area contributed by atoms with Gasteiger partial charge in [0.05, 0.1) is 34.0 Å². The highest BCUT2D eigenvalue weighted by Crippen LogP contribution is 2.33. The molecule has 0 saturated heterocycles. The summed E-state index contributed by atoms with van der Waals surface area (Å²) in [5.41, 5.74) is 0.138. The Labute approximate surface area is 162 Å². The Morgan fingerprint density at radius 3 is 2.61 bits per heavy atom. The monoisotopic (exact) mass is 411 g/mol.